The lowest BCUT2D eigenvalue weighted by molar-refractivity contribution is -0.139. The fourth-order valence-electron chi connectivity index (χ4n) is 4.25. The smallest absolute Gasteiger partial charge is 0.264 e. The van der Waals surface area contributed by atoms with E-state index in [0.717, 1.165) is 9.87 Å². The summed E-state index contributed by atoms with van der Waals surface area (Å²) in [5.74, 6) is 0.294. The quantitative estimate of drug-likeness (QED) is 0.379. The molecule has 1 N–H and O–H groups in total. The molecule has 3 aromatic rings. The summed E-state index contributed by atoms with van der Waals surface area (Å²) in [6, 6.07) is 21.1. The molecule has 0 aromatic heterocycles. The van der Waals surface area contributed by atoms with Crippen LogP contribution in [0.25, 0.3) is 0 Å². The van der Waals surface area contributed by atoms with Crippen LogP contribution in [0, 0.1) is 5.92 Å². The number of amides is 2. The summed E-state index contributed by atoms with van der Waals surface area (Å²) in [5, 5.41) is 2.88. The molecule has 1 atom stereocenters. The molecule has 212 valence electrons. The molecule has 0 spiro atoms. The van der Waals surface area contributed by atoms with E-state index < -0.39 is 28.5 Å². The third-order valence-electron chi connectivity index (χ3n) is 6.47. The Morgan fingerprint density at radius 3 is 2.15 bits per heavy atom. The molecular weight excluding hydrogens is 530 g/mol. The van der Waals surface area contributed by atoms with Gasteiger partial charge in [-0.3, -0.25) is 13.9 Å². The van der Waals surface area contributed by atoms with Crippen LogP contribution >= 0.6 is 0 Å². The van der Waals surface area contributed by atoms with Crippen LogP contribution in [0.2, 0.25) is 0 Å². The van der Waals surface area contributed by atoms with Crippen molar-refractivity contribution in [2.75, 3.05) is 30.6 Å². The molecule has 1 aliphatic rings. The zero-order valence-electron chi connectivity index (χ0n) is 22.9. The van der Waals surface area contributed by atoms with Crippen molar-refractivity contribution in [1.29, 1.82) is 0 Å². The van der Waals surface area contributed by atoms with Gasteiger partial charge in [-0.05, 0) is 42.7 Å². The molecule has 40 heavy (non-hydrogen) atoms. The number of benzene rings is 3. The fourth-order valence-corrected chi connectivity index (χ4v) is 5.68. The molecule has 3 aromatic carbocycles. The minimum atomic E-state index is -4.16. The first-order valence-electron chi connectivity index (χ1n) is 13.3. The van der Waals surface area contributed by atoms with E-state index >= 15 is 0 Å². The molecule has 0 fully saturated rings. The first kappa shape index (κ1) is 28.9. The van der Waals surface area contributed by atoms with Gasteiger partial charge >= 0.3 is 0 Å². The van der Waals surface area contributed by atoms with Crippen molar-refractivity contribution in [2.24, 2.45) is 5.92 Å². The minimum Gasteiger partial charge on any atom is -0.486 e. The highest BCUT2D eigenvalue weighted by atomic mass is 32.2. The molecular formula is C30H35N3O6S. The van der Waals surface area contributed by atoms with Crippen molar-refractivity contribution < 1.29 is 27.5 Å². The van der Waals surface area contributed by atoms with Crippen molar-refractivity contribution in [3.05, 3.63) is 84.4 Å². The number of hydrogen-bond acceptors (Lipinski definition) is 6. The number of carbonyl (C=O) groups excluding carboxylic acids is 2. The number of nitrogens with one attached hydrogen (secondary N) is 1. The average Bonchev–Trinajstić information content (AvgIpc) is 2.97. The minimum absolute atomic E-state index is 0.0371. The summed E-state index contributed by atoms with van der Waals surface area (Å²) >= 11 is 0. The molecule has 10 heteroatoms. The highest BCUT2D eigenvalue weighted by molar-refractivity contribution is 7.92. The summed E-state index contributed by atoms with van der Waals surface area (Å²) in [6.45, 7) is 6.41. The van der Waals surface area contributed by atoms with E-state index in [1.165, 1.54) is 17.0 Å². The Morgan fingerprint density at radius 2 is 1.50 bits per heavy atom. The Kier molecular flexibility index (Phi) is 9.31. The van der Waals surface area contributed by atoms with E-state index in [4.69, 9.17) is 9.47 Å². The second kappa shape index (κ2) is 12.9. The number of ether oxygens (including phenoxy) is 2. The fraction of sp³-hybridized carbons (Fsp3) is 0.333. The number of carbonyl (C=O) groups is 2. The van der Waals surface area contributed by atoms with Gasteiger partial charge in [0, 0.05) is 19.2 Å². The monoisotopic (exact) mass is 565 g/mol. The number of sulfonamides is 1. The summed E-state index contributed by atoms with van der Waals surface area (Å²) < 4.78 is 40.1. The van der Waals surface area contributed by atoms with Gasteiger partial charge in [-0.2, -0.15) is 0 Å². The molecule has 2 amide bonds. The second-order valence-electron chi connectivity index (χ2n) is 9.97. The van der Waals surface area contributed by atoms with Gasteiger partial charge in [0.2, 0.25) is 11.8 Å². The highest BCUT2D eigenvalue weighted by Gasteiger charge is 2.33. The van der Waals surface area contributed by atoms with Crippen LogP contribution in [0.3, 0.4) is 0 Å². The lowest BCUT2D eigenvalue weighted by Crippen LogP contribution is -2.51. The van der Waals surface area contributed by atoms with Gasteiger partial charge in [-0.15, -0.1) is 0 Å². The number of hydrogen-bond donors (Lipinski definition) is 1. The van der Waals surface area contributed by atoms with E-state index in [-0.39, 0.29) is 29.0 Å². The van der Waals surface area contributed by atoms with Crippen LogP contribution in [-0.4, -0.2) is 57.5 Å². The Balaban J connectivity index is 1.70. The predicted molar refractivity (Wildman–Crippen MR) is 153 cm³/mol. The first-order valence-corrected chi connectivity index (χ1v) is 14.7. The highest BCUT2D eigenvalue weighted by Crippen LogP contribution is 2.36. The van der Waals surface area contributed by atoms with Crippen LogP contribution in [0.1, 0.15) is 26.3 Å². The predicted octanol–water partition coefficient (Wildman–Crippen LogP) is 3.84. The van der Waals surface area contributed by atoms with E-state index in [1.807, 2.05) is 44.2 Å². The average molecular weight is 566 g/mol. The lowest BCUT2D eigenvalue weighted by Gasteiger charge is -2.32. The summed E-state index contributed by atoms with van der Waals surface area (Å²) in [7, 11) is -4.16. The summed E-state index contributed by atoms with van der Waals surface area (Å²) in [6.07, 6.45) is 0. The Bertz CT molecular complexity index is 1410. The van der Waals surface area contributed by atoms with Crippen molar-refractivity contribution in [3.8, 4) is 11.5 Å². The van der Waals surface area contributed by atoms with E-state index in [2.05, 4.69) is 5.32 Å². The van der Waals surface area contributed by atoms with E-state index in [1.54, 1.807) is 43.3 Å². The third-order valence-corrected chi connectivity index (χ3v) is 8.26. The van der Waals surface area contributed by atoms with E-state index in [9.17, 15) is 18.0 Å². The second-order valence-corrected chi connectivity index (χ2v) is 11.8. The van der Waals surface area contributed by atoms with Gasteiger partial charge in [-0.25, -0.2) is 8.42 Å². The zero-order chi connectivity index (χ0) is 28.7. The molecule has 1 heterocycles. The molecule has 1 unspecified atom stereocenters. The van der Waals surface area contributed by atoms with E-state index in [0.29, 0.717) is 31.3 Å². The summed E-state index contributed by atoms with van der Waals surface area (Å²) in [4.78, 5) is 28.5. The number of anilines is 1. The largest absolute Gasteiger partial charge is 0.486 e. The third kappa shape index (κ3) is 6.93. The molecule has 0 saturated heterocycles. The maximum atomic E-state index is 14.0. The lowest BCUT2D eigenvalue weighted by atomic mass is 10.1. The van der Waals surface area contributed by atoms with Gasteiger partial charge in [0.05, 0.1) is 10.6 Å². The molecule has 0 bridgehead atoms. The van der Waals surface area contributed by atoms with Gasteiger partial charge in [0.25, 0.3) is 10.0 Å². The van der Waals surface area contributed by atoms with Gasteiger partial charge in [-0.1, -0.05) is 62.4 Å². The maximum Gasteiger partial charge on any atom is 0.264 e. The maximum absolute atomic E-state index is 14.0. The number of rotatable bonds is 11. The molecule has 0 radical (unpaired) electrons. The summed E-state index contributed by atoms with van der Waals surface area (Å²) in [5.41, 5.74) is 1.06. The Morgan fingerprint density at radius 1 is 0.875 bits per heavy atom. The van der Waals surface area contributed by atoms with Gasteiger partial charge in [0.15, 0.2) is 11.5 Å². The molecule has 9 nitrogen and oxygen atoms in total. The molecule has 0 aliphatic carbocycles. The van der Waals surface area contributed by atoms with Crippen molar-refractivity contribution in [1.82, 2.24) is 10.2 Å². The van der Waals surface area contributed by atoms with Crippen molar-refractivity contribution >= 4 is 27.5 Å². The van der Waals surface area contributed by atoms with Crippen LogP contribution in [0.15, 0.2) is 83.8 Å². The van der Waals surface area contributed by atoms with Crippen molar-refractivity contribution in [2.45, 2.75) is 38.3 Å². The van der Waals surface area contributed by atoms with Gasteiger partial charge < -0.3 is 19.7 Å². The Labute approximate surface area is 235 Å². The number of nitrogens with zero attached hydrogens (tertiary/aromatic N) is 2. The van der Waals surface area contributed by atoms with Crippen LogP contribution in [-0.2, 0) is 26.2 Å². The molecule has 4 rings (SSSR count). The number of fused-ring (bicyclic) bond motifs is 1. The van der Waals surface area contributed by atoms with Crippen molar-refractivity contribution in [3.63, 3.8) is 0 Å². The van der Waals surface area contributed by atoms with Gasteiger partial charge in [0.1, 0.15) is 25.8 Å². The first-order chi connectivity index (χ1) is 19.2. The van der Waals surface area contributed by atoms with Crippen LogP contribution in [0.4, 0.5) is 5.69 Å². The Hall–Kier alpha value is -4.05. The molecule has 0 saturated carbocycles. The zero-order valence-corrected chi connectivity index (χ0v) is 23.8. The van der Waals surface area contributed by atoms with Crippen LogP contribution in [0.5, 0.6) is 11.5 Å². The SMILES string of the molecule is CC(C)CNC(=O)C(C)N(Cc1ccccc1)C(=O)CN(c1ccc2c(c1)OCCO2)S(=O)(=O)c1ccccc1. The normalized spacial score (nSPS) is 13.4. The molecule has 1 aliphatic heterocycles. The van der Waals surface area contributed by atoms with Crippen LogP contribution < -0.4 is 19.1 Å². The topological polar surface area (TPSA) is 105 Å². The standard InChI is InChI=1S/C30H35N3O6S/c1-22(2)19-31-30(35)23(3)32(20-24-10-6-4-7-11-24)29(34)21-33(40(36,37)26-12-8-5-9-13-26)25-14-15-27-28(18-25)39-17-16-38-27/h4-15,18,22-23H,16-17,19-21H2,1-3H3,(H,31,35).